The lowest BCUT2D eigenvalue weighted by atomic mass is 10.0. The molecule has 1 saturated heterocycles. The van der Waals surface area contributed by atoms with Crippen molar-refractivity contribution >= 4 is 11.8 Å². The number of nitrogens with one attached hydrogen (secondary N) is 1. The second kappa shape index (κ2) is 9.10. The first-order chi connectivity index (χ1) is 10.3. The Morgan fingerprint density at radius 3 is 2.73 bits per heavy atom. The van der Waals surface area contributed by atoms with Gasteiger partial charge >= 0.3 is 0 Å². The Bertz CT molecular complexity index is 376. The van der Waals surface area contributed by atoms with E-state index < -0.39 is 12.0 Å². The zero-order valence-corrected chi connectivity index (χ0v) is 13.9. The molecule has 0 saturated carbocycles. The van der Waals surface area contributed by atoms with Crippen molar-refractivity contribution in [3.05, 3.63) is 6.42 Å². The lowest BCUT2D eigenvalue weighted by Crippen LogP contribution is -2.47. The second-order valence-corrected chi connectivity index (χ2v) is 6.35. The van der Waals surface area contributed by atoms with Gasteiger partial charge in [0.1, 0.15) is 0 Å². The highest BCUT2D eigenvalue weighted by Gasteiger charge is 2.29. The lowest BCUT2D eigenvalue weighted by molar-refractivity contribution is -0.121. The third-order valence-electron chi connectivity index (χ3n) is 4.39. The molecule has 1 heterocycles. The highest BCUT2D eigenvalue weighted by atomic mass is 16.3. The standard InChI is InChI=1S/C16H30N3O3/c1-4-9-19-10-14(20)13(7-6-12(19)3)18-15(21)8-5-11(2)16(17)22/h8,11-14,20H,4-7,9-10H2,1-3H3,(H2,17,22)(H,18,21)/t11-,12+,13-,14-/m0/s1. The van der Waals surface area contributed by atoms with Crippen molar-refractivity contribution in [1.82, 2.24) is 10.2 Å². The van der Waals surface area contributed by atoms with Crippen LogP contribution in [0.3, 0.4) is 0 Å². The number of hydrogen-bond donors (Lipinski definition) is 3. The van der Waals surface area contributed by atoms with Gasteiger partial charge in [0.25, 0.3) is 0 Å². The number of aliphatic hydroxyl groups excluding tert-OH is 1. The summed E-state index contributed by atoms with van der Waals surface area (Å²) in [7, 11) is 0. The van der Waals surface area contributed by atoms with Crippen molar-refractivity contribution in [2.24, 2.45) is 11.7 Å². The first-order valence-corrected chi connectivity index (χ1v) is 8.20. The van der Waals surface area contributed by atoms with E-state index in [1.807, 2.05) is 0 Å². The van der Waals surface area contributed by atoms with E-state index in [1.165, 1.54) is 6.42 Å². The molecule has 6 heteroatoms. The van der Waals surface area contributed by atoms with E-state index in [4.69, 9.17) is 5.73 Å². The Kier molecular flexibility index (Phi) is 7.82. The quantitative estimate of drug-likeness (QED) is 0.636. The van der Waals surface area contributed by atoms with Crippen LogP contribution in [-0.4, -0.2) is 53.1 Å². The molecule has 6 nitrogen and oxygen atoms in total. The summed E-state index contributed by atoms with van der Waals surface area (Å²) in [6.07, 6.45) is 3.95. The molecule has 0 unspecified atom stereocenters. The molecule has 0 aromatic carbocycles. The van der Waals surface area contributed by atoms with Crippen LogP contribution < -0.4 is 11.1 Å². The van der Waals surface area contributed by atoms with E-state index in [-0.39, 0.29) is 17.9 Å². The molecule has 0 bridgehead atoms. The van der Waals surface area contributed by atoms with Gasteiger partial charge < -0.3 is 16.2 Å². The van der Waals surface area contributed by atoms with Gasteiger partial charge in [0.2, 0.25) is 11.8 Å². The number of amides is 2. The van der Waals surface area contributed by atoms with Gasteiger partial charge in [0, 0.05) is 18.5 Å². The molecule has 0 aliphatic carbocycles. The maximum atomic E-state index is 11.9. The summed E-state index contributed by atoms with van der Waals surface area (Å²) >= 11 is 0. The molecule has 1 fully saturated rings. The Balaban J connectivity index is 2.47. The minimum atomic E-state index is -0.567. The summed E-state index contributed by atoms with van der Waals surface area (Å²) < 4.78 is 0. The fourth-order valence-corrected chi connectivity index (χ4v) is 2.75. The average molecular weight is 312 g/mol. The molecule has 0 aromatic heterocycles. The van der Waals surface area contributed by atoms with E-state index >= 15 is 0 Å². The van der Waals surface area contributed by atoms with Gasteiger partial charge in [-0.05, 0) is 39.2 Å². The fourth-order valence-electron chi connectivity index (χ4n) is 2.75. The predicted molar refractivity (Wildman–Crippen MR) is 85.8 cm³/mol. The number of primary amides is 1. The SMILES string of the molecule is CCCN1C[C@H](O)[C@@H](NC(=O)[CH]C[C@H](C)C(N)=O)CC[C@H]1C. The number of β-amino-alcohol motifs (C(OH)–C–C–N with tert-alkyl or cyclic N) is 1. The summed E-state index contributed by atoms with van der Waals surface area (Å²) in [6.45, 7) is 7.51. The van der Waals surface area contributed by atoms with Gasteiger partial charge in [0.15, 0.2) is 0 Å². The molecule has 0 aromatic rings. The molecule has 1 aliphatic heterocycles. The third kappa shape index (κ3) is 5.93. The monoisotopic (exact) mass is 312 g/mol. The van der Waals surface area contributed by atoms with Crippen LogP contribution in [0.5, 0.6) is 0 Å². The van der Waals surface area contributed by atoms with E-state index in [1.54, 1.807) is 6.92 Å². The van der Waals surface area contributed by atoms with Gasteiger partial charge in [-0.25, -0.2) is 0 Å². The minimum absolute atomic E-state index is 0.239. The molecule has 4 atom stereocenters. The minimum Gasteiger partial charge on any atom is -0.390 e. The van der Waals surface area contributed by atoms with Gasteiger partial charge in [-0.3, -0.25) is 14.5 Å². The van der Waals surface area contributed by atoms with Crippen molar-refractivity contribution in [3.8, 4) is 0 Å². The molecule has 22 heavy (non-hydrogen) atoms. The van der Waals surface area contributed by atoms with Gasteiger partial charge in [0.05, 0.1) is 18.6 Å². The number of likely N-dealkylation sites (tertiary alicyclic amines) is 1. The van der Waals surface area contributed by atoms with Crippen LogP contribution in [0.4, 0.5) is 0 Å². The molecule has 0 spiro atoms. The van der Waals surface area contributed by atoms with Crippen molar-refractivity contribution in [2.75, 3.05) is 13.1 Å². The second-order valence-electron chi connectivity index (χ2n) is 6.35. The highest BCUT2D eigenvalue weighted by molar-refractivity contribution is 5.86. The third-order valence-corrected chi connectivity index (χ3v) is 4.39. The first kappa shape index (κ1) is 18.9. The average Bonchev–Trinajstić information content (AvgIpc) is 2.58. The lowest BCUT2D eigenvalue weighted by Gasteiger charge is -2.28. The van der Waals surface area contributed by atoms with Crippen LogP contribution in [0.1, 0.15) is 46.5 Å². The number of rotatable bonds is 7. The molecule has 127 valence electrons. The maximum absolute atomic E-state index is 11.9. The van der Waals surface area contributed by atoms with E-state index in [2.05, 4.69) is 24.1 Å². The summed E-state index contributed by atoms with van der Waals surface area (Å²) in [5.41, 5.74) is 5.17. The molecule has 1 aliphatic rings. The van der Waals surface area contributed by atoms with Crippen LogP contribution in [0, 0.1) is 12.3 Å². The summed E-state index contributed by atoms with van der Waals surface area (Å²) in [5, 5.41) is 13.2. The Hall–Kier alpha value is -1.14. The number of nitrogens with two attached hydrogens (primary N) is 1. The fraction of sp³-hybridized carbons (Fsp3) is 0.812. The molecular formula is C16H30N3O3. The van der Waals surface area contributed by atoms with Crippen molar-refractivity contribution < 1.29 is 14.7 Å². The van der Waals surface area contributed by atoms with Crippen molar-refractivity contribution in [2.45, 2.75) is 64.6 Å². The summed E-state index contributed by atoms with van der Waals surface area (Å²) in [6, 6.07) is 0.173. The van der Waals surface area contributed by atoms with Crippen LogP contribution in [-0.2, 0) is 9.59 Å². The highest BCUT2D eigenvalue weighted by Crippen LogP contribution is 2.18. The van der Waals surface area contributed by atoms with Crippen LogP contribution in [0.25, 0.3) is 0 Å². The Morgan fingerprint density at radius 2 is 2.14 bits per heavy atom. The maximum Gasteiger partial charge on any atom is 0.224 e. The molecule has 2 amide bonds. The van der Waals surface area contributed by atoms with Crippen molar-refractivity contribution in [1.29, 1.82) is 0 Å². The van der Waals surface area contributed by atoms with E-state index in [0.717, 1.165) is 25.8 Å². The number of aliphatic hydroxyl groups is 1. The van der Waals surface area contributed by atoms with Crippen LogP contribution >= 0.6 is 0 Å². The number of hydrogen-bond acceptors (Lipinski definition) is 4. The van der Waals surface area contributed by atoms with Crippen LogP contribution in [0.2, 0.25) is 0 Å². The largest absolute Gasteiger partial charge is 0.390 e. The van der Waals surface area contributed by atoms with Gasteiger partial charge in [-0.1, -0.05) is 13.8 Å². The number of nitrogens with zero attached hydrogens (tertiary/aromatic N) is 1. The van der Waals surface area contributed by atoms with Crippen molar-refractivity contribution in [3.63, 3.8) is 0 Å². The van der Waals surface area contributed by atoms with E-state index in [9.17, 15) is 14.7 Å². The van der Waals surface area contributed by atoms with E-state index in [0.29, 0.717) is 19.0 Å². The molecule has 1 radical (unpaired) electrons. The van der Waals surface area contributed by atoms with Gasteiger partial charge in [-0.15, -0.1) is 0 Å². The Labute approximate surface area is 133 Å². The Morgan fingerprint density at radius 1 is 1.45 bits per heavy atom. The topological polar surface area (TPSA) is 95.7 Å². The summed E-state index contributed by atoms with van der Waals surface area (Å²) in [5.74, 6) is -1.01. The normalized spacial score (nSPS) is 27.9. The molecule has 1 rings (SSSR count). The zero-order chi connectivity index (χ0) is 16.7. The number of carbonyl (C=O) groups excluding carboxylic acids is 2. The summed E-state index contributed by atoms with van der Waals surface area (Å²) in [4.78, 5) is 25.2. The smallest absolute Gasteiger partial charge is 0.224 e. The molecule has 4 N–H and O–H groups in total. The number of carbonyl (C=O) groups is 2. The predicted octanol–water partition coefficient (Wildman–Crippen LogP) is 0.442. The zero-order valence-electron chi connectivity index (χ0n) is 13.9. The van der Waals surface area contributed by atoms with Crippen LogP contribution in [0.15, 0.2) is 0 Å². The van der Waals surface area contributed by atoms with Gasteiger partial charge in [-0.2, -0.15) is 0 Å². The molecular weight excluding hydrogens is 282 g/mol. The first-order valence-electron chi connectivity index (χ1n) is 8.20.